The summed E-state index contributed by atoms with van der Waals surface area (Å²) in [6.45, 7) is 0. The molecule has 0 aliphatic heterocycles. The lowest BCUT2D eigenvalue weighted by Gasteiger charge is -2.11. The molecule has 2 rings (SSSR count). The zero-order chi connectivity index (χ0) is 16.4. The maximum atomic E-state index is 14.2. The van der Waals surface area contributed by atoms with Crippen molar-refractivity contribution in [3.05, 3.63) is 46.1 Å². The number of aromatic nitrogens is 1. The average Bonchev–Trinajstić information content (AvgIpc) is 2.52. The Hall–Kier alpha value is -2.72. The number of ether oxygens (including phenoxy) is 1. The average molecular weight is 324 g/mol. The van der Waals surface area contributed by atoms with Crippen LogP contribution in [0.5, 0.6) is 0 Å². The Labute approximate surface area is 128 Å². The van der Waals surface area contributed by atoms with Crippen molar-refractivity contribution < 1.29 is 18.3 Å². The molecule has 112 valence electrons. The number of benzene rings is 1. The number of carbonyl (C=O) groups excluding carboxylic acids is 1. The number of nitrogens with two attached hydrogens (primary N) is 1. The molecule has 0 radical (unpaired) electrons. The number of rotatable bonds is 2. The van der Waals surface area contributed by atoms with Crippen LogP contribution in [0.15, 0.2) is 18.2 Å². The fourth-order valence-electron chi connectivity index (χ4n) is 1.75. The topological polar surface area (TPSA) is 89.0 Å². The maximum absolute atomic E-state index is 14.2. The Morgan fingerprint density at radius 2 is 2.14 bits per heavy atom. The predicted octanol–water partition coefficient (Wildman–Crippen LogP) is 2.92. The van der Waals surface area contributed by atoms with Crippen LogP contribution in [0.1, 0.15) is 16.1 Å². The Morgan fingerprint density at radius 3 is 2.68 bits per heavy atom. The number of esters is 1. The Kier molecular flexibility index (Phi) is 4.24. The molecule has 22 heavy (non-hydrogen) atoms. The standard InChI is InChI=1S/C14H8ClF2N3O2/c1-22-14(21)13-9(15)11(19)10(17)12(20-13)7-3-2-6(5-18)4-8(7)16/h2-4H,1H3,(H2,19,20). The molecule has 0 amide bonds. The summed E-state index contributed by atoms with van der Waals surface area (Å²) in [7, 11) is 1.09. The molecule has 0 fully saturated rings. The van der Waals surface area contributed by atoms with E-state index in [1.165, 1.54) is 6.07 Å². The Balaban J connectivity index is 2.73. The monoisotopic (exact) mass is 323 g/mol. The minimum Gasteiger partial charge on any atom is -0.464 e. The van der Waals surface area contributed by atoms with E-state index in [4.69, 9.17) is 22.6 Å². The number of anilines is 1. The molecule has 1 aromatic heterocycles. The Bertz CT molecular complexity index is 819. The number of halogens is 3. The highest BCUT2D eigenvalue weighted by molar-refractivity contribution is 6.35. The third kappa shape index (κ3) is 2.56. The van der Waals surface area contributed by atoms with Crippen molar-refractivity contribution in [2.45, 2.75) is 0 Å². The summed E-state index contributed by atoms with van der Waals surface area (Å²) in [5.41, 5.74) is 3.81. The normalized spacial score (nSPS) is 10.1. The summed E-state index contributed by atoms with van der Waals surface area (Å²) < 4.78 is 32.7. The van der Waals surface area contributed by atoms with Crippen LogP contribution >= 0.6 is 11.6 Å². The molecule has 0 saturated carbocycles. The van der Waals surface area contributed by atoms with E-state index in [1.807, 2.05) is 0 Å². The van der Waals surface area contributed by atoms with Gasteiger partial charge in [-0.25, -0.2) is 18.6 Å². The summed E-state index contributed by atoms with van der Waals surface area (Å²) in [6, 6.07) is 5.10. The summed E-state index contributed by atoms with van der Waals surface area (Å²) >= 11 is 5.75. The quantitative estimate of drug-likeness (QED) is 0.858. The molecule has 0 atom stereocenters. The number of carbonyl (C=O) groups is 1. The largest absolute Gasteiger partial charge is 0.464 e. The summed E-state index contributed by atoms with van der Waals surface area (Å²) in [5.74, 6) is -2.89. The number of hydrogen-bond donors (Lipinski definition) is 1. The van der Waals surface area contributed by atoms with E-state index in [0.717, 1.165) is 19.2 Å². The first kappa shape index (κ1) is 15.7. The highest BCUT2D eigenvalue weighted by atomic mass is 35.5. The molecule has 0 aliphatic carbocycles. The Morgan fingerprint density at radius 1 is 1.45 bits per heavy atom. The lowest BCUT2D eigenvalue weighted by atomic mass is 10.1. The molecule has 5 nitrogen and oxygen atoms in total. The molecule has 0 unspecified atom stereocenters. The number of nitrogen functional groups attached to an aromatic ring is 1. The summed E-state index contributed by atoms with van der Waals surface area (Å²) in [4.78, 5) is 15.3. The molecule has 1 heterocycles. The highest BCUT2D eigenvalue weighted by Crippen LogP contribution is 2.33. The SMILES string of the molecule is COC(=O)c1nc(-c2ccc(C#N)cc2F)c(F)c(N)c1Cl. The van der Waals surface area contributed by atoms with Crippen molar-refractivity contribution in [1.29, 1.82) is 5.26 Å². The second-order valence-electron chi connectivity index (χ2n) is 4.15. The third-order valence-corrected chi connectivity index (χ3v) is 3.23. The van der Waals surface area contributed by atoms with Crippen molar-refractivity contribution >= 4 is 23.3 Å². The second-order valence-corrected chi connectivity index (χ2v) is 4.53. The van der Waals surface area contributed by atoms with Crippen LogP contribution in [0.4, 0.5) is 14.5 Å². The van der Waals surface area contributed by atoms with Crippen LogP contribution < -0.4 is 5.73 Å². The minimum atomic E-state index is -1.07. The zero-order valence-corrected chi connectivity index (χ0v) is 11.9. The van der Waals surface area contributed by atoms with Gasteiger partial charge in [0, 0.05) is 5.56 Å². The lowest BCUT2D eigenvalue weighted by molar-refractivity contribution is 0.0594. The number of nitrogens with zero attached hydrogens (tertiary/aromatic N) is 2. The molecule has 0 aliphatic rings. The fourth-order valence-corrected chi connectivity index (χ4v) is 1.95. The van der Waals surface area contributed by atoms with Gasteiger partial charge in [-0.2, -0.15) is 5.26 Å². The van der Waals surface area contributed by atoms with E-state index in [2.05, 4.69) is 9.72 Å². The van der Waals surface area contributed by atoms with Gasteiger partial charge in [0.25, 0.3) is 0 Å². The van der Waals surface area contributed by atoms with Crippen LogP contribution in [0.2, 0.25) is 5.02 Å². The number of nitriles is 1. The highest BCUT2D eigenvalue weighted by Gasteiger charge is 2.24. The van der Waals surface area contributed by atoms with Crippen molar-refractivity contribution in [2.75, 3.05) is 12.8 Å². The fraction of sp³-hybridized carbons (Fsp3) is 0.0714. The van der Waals surface area contributed by atoms with Crippen molar-refractivity contribution in [1.82, 2.24) is 4.98 Å². The first-order valence-electron chi connectivity index (χ1n) is 5.83. The third-order valence-electron chi connectivity index (χ3n) is 2.84. The summed E-state index contributed by atoms with van der Waals surface area (Å²) in [6.07, 6.45) is 0. The maximum Gasteiger partial charge on any atom is 0.358 e. The van der Waals surface area contributed by atoms with E-state index in [1.54, 1.807) is 6.07 Å². The van der Waals surface area contributed by atoms with Crippen LogP contribution in [0.3, 0.4) is 0 Å². The van der Waals surface area contributed by atoms with Crippen molar-refractivity contribution in [3.8, 4) is 17.3 Å². The molecule has 0 saturated heterocycles. The lowest BCUT2D eigenvalue weighted by Crippen LogP contribution is -2.10. The van der Waals surface area contributed by atoms with E-state index < -0.39 is 39.7 Å². The zero-order valence-electron chi connectivity index (χ0n) is 11.2. The minimum absolute atomic E-state index is 0.0526. The number of pyridine rings is 1. The van der Waals surface area contributed by atoms with Crippen LogP contribution in [0.25, 0.3) is 11.3 Å². The predicted molar refractivity (Wildman–Crippen MR) is 75.1 cm³/mol. The van der Waals surface area contributed by atoms with Gasteiger partial charge in [0.1, 0.15) is 11.5 Å². The van der Waals surface area contributed by atoms with Crippen LogP contribution in [-0.4, -0.2) is 18.1 Å². The van der Waals surface area contributed by atoms with Gasteiger partial charge in [-0.1, -0.05) is 11.6 Å². The molecule has 0 spiro atoms. The first-order valence-corrected chi connectivity index (χ1v) is 6.21. The number of hydrogen-bond acceptors (Lipinski definition) is 5. The molecule has 2 aromatic rings. The van der Waals surface area contributed by atoms with Gasteiger partial charge in [0.05, 0.1) is 29.5 Å². The molecular formula is C14H8ClF2N3O2. The van der Waals surface area contributed by atoms with Gasteiger partial charge in [0.2, 0.25) is 0 Å². The molecule has 2 N–H and O–H groups in total. The van der Waals surface area contributed by atoms with Crippen LogP contribution in [0, 0.1) is 23.0 Å². The van der Waals surface area contributed by atoms with Crippen LogP contribution in [-0.2, 0) is 4.74 Å². The molecule has 1 aromatic carbocycles. The van der Waals surface area contributed by atoms with E-state index >= 15 is 0 Å². The molecule has 0 bridgehead atoms. The van der Waals surface area contributed by atoms with E-state index in [9.17, 15) is 13.6 Å². The van der Waals surface area contributed by atoms with Gasteiger partial charge in [0.15, 0.2) is 11.5 Å². The number of methoxy groups -OCH3 is 1. The van der Waals surface area contributed by atoms with Gasteiger partial charge >= 0.3 is 5.97 Å². The van der Waals surface area contributed by atoms with Crippen molar-refractivity contribution in [3.63, 3.8) is 0 Å². The molecular weight excluding hydrogens is 316 g/mol. The van der Waals surface area contributed by atoms with E-state index in [-0.39, 0.29) is 11.1 Å². The summed E-state index contributed by atoms with van der Waals surface area (Å²) in [5, 5.41) is 8.29. The van der Waals surface area contributed by atoms with E-state index in [0.29, 0.717) is 0 Å². The molecule has 8 heteroatoms. The smallest absolute Gasteiger partial charge is 0.358 e. The van der Waals surface area contributed by atoms with Gasteiger partial charge < -0.3 is 10.5 Å². The second kappa shape index (κ2) is 5.95. The van der Waals surface area contributed by atoms with Gasteiger partial charge in [-0.3, -0.25) is 0 Å². The van der Waals surface area contributed by atoms with Crippen molar-refractivity contribution in [2.24, 2.45) is 0 Å². The van der Waals surface area contributed by atoms with Gasteiger partial charge in [-0.05, 0) is 18.2 Å². The first-order chi connectivity index (χ1) is 10.4. The van der Waals surface area contributed by atoms with Gasteiger partial charge in [-0.15, -0.1) is 0 Å².